The van der Waals surface area contributed by atoms with Crippen LogP contribution in [0.3, 0.4) is 0 Å². The van der Waals surface area contributed by atoms with Crippen molar-refractivity contribution in [3.63, 3.8) is 0 Å². The Morgan fingerprint density at radius 1 is 1.21 bits per heavy atom. The van der Waals surface area contributed by atoms with E-state index in [0.717, 1.165) is 5.57 Å². The van der Waals surface area contributed by atoms with Crippen molar-refractivity contribution in [2.45, 2.75) is 104 Å². The van der Waals surface area contributed by atoms with E-state index >= 15 is 0 Å². The maximum atomic E-state index is 12.5. The van der Waals surface area contributed by atoms with E-state index in [1.807, 2.05) is 46.8 Å². The fourth-order valence-corrected chi connectivity index (χ4v) is 4.84. The van der Waals surface area contributed by atoms with Gasteiger partial charge in [0.15, 0.2) is 0 Å². The highest BCUT2D eigenvalue weighted by atomic mass is 16.5. The number of rotatable bonds is 10. The number of ketones is 1. The third kappa shape index (κ3) is 7.76. The summed E-state index contributed by atoms with van der Waals surface area (Å²) in [5.74, 6) is -0.0942. The summed E-state index contributed by atoms with van der Waals surface area (Å²) in [6.07, 6.45) is 5.85. The average molecular weight is 465 g/mol. The van der Waals surface area contributed by atoms with Crippen molar-refractivity contribution in [1.82, 2.24) is 0 Å². The quantitative estimate of drug-likeness (QED) is 0.423. The summed E-state index contributed by atoms with van der Waals surface area (Å²) in [6, 6.07) is 0. The van der Waals surface area contributed by atoms with E-state index in [9.17, 15) is 24.9 Å². The van der Waals surface area contributed by atoms with Crippen molar-refractivity contribution in [3.8, 4) is 0 Å². The van der Waals surface area contributed by atoms with Gasteiger partial charge in [-0.3, -0.25) is 9.59 Å². The predicted molar refractivity (Wildman–Crippen MR) is 128 cm³/mol. The van der Waals surface area contributed by atoms with Crippen molar-refractivity contribution >= 4 is 11.8 Å². The predicted octanol–water partition coefficient (Wildman–Crippen LogP) is 3.97. The van der Waals surface area contributed by atoms with E-state index in [-0.39, 0.29) is 48.3 Å². The van der Waals surface area contributed by atoms with E-state index < -0.39 is 29.8 Å². The van der Waals surface area contributed by atoms with Crippen LogP contribution in [0.1, 0.15) is 80.1 Å². The minimum absolute atomic E-state index is 0.0188. The van der Waals surface area contributed by atoms with Gasteiger partial charge in [-0.1, -0.05) is 59.8 Å². The molecule has 6 heteroatoms. The van der Waals surface area contributed by atoms with Crippen molar-refractivity contribution < 1.29 is 29.6 Å². The number of ether oxygens (including phenoxy) is 1. The number of fused-ring (bicyclic) bond motifs is 1. The molecule has 0 aromatic carbocycles. The van der Waals surface area contributed by atoms with Gasteiger partial charge in [-0.25, -0.2) is 0 Å². The minimum Gasteiger partial charge on any atom is -0.461 e. The lowest BCUT2D eigenvalue weighted by Gasteiger charge is -2.43. The molecule has 0 spiro atoms. The van der Waals surface area contributed by atoms with Gasteiger partial charge < -0.3 is 20.1 Å². The smallest absolute Gasteiger partial charge is 0.308 e. The Hall–Kier alpha value is -1.50. The van der Waals surface area contributed by atoms with E-state index in [0.29, 0.717) is 25.7 Å². The third-order valence-corrected chi connectivity index (χ3v) is 7.29. The molecule has 0 radical (unpaired) electrons. The molecule has 0 saturated heterocycles. The number of carbonyl (C=O) groups excluding carboxylic acids is 2. The summed E-state index contributed by atoms with van der Waals surface area (Å²) in [6.45, 7) is 11.4. The first-order valence-corrected chi connectivity index (χ1v) is 12.5. The molecule has 0 unspecified atom stereocenters. The zero-order valence-corrected chi connectivity index (χ0v) is 21.2. The van der Waals surface area contributed by atoms with Gasteiger partial charge >= 0.3 is 5.97 Å². The number of allylic oxidation sites excluding steroid dienone is 2. The van der Waals surface area contributed by atoms with Crippen LogP contribution in [0.4, 0.5) is 0 Å². The molecule has 188 valence electrons. The van der Waals surface area contributed by atoms with Crippen LogP contribution in [0.25, 0.3) is 0 Å². The van der Waals surface area contributed by atoms with Crippen LogP contribution in [0.5, 0.6) is 0 Å². The summed E-state index contributed by atoms with van der Waals surface area (Å²) in [7, 11) is 0. The summed E-state index contributed by atoms with van der Waals surface area (Å²) in [5.41, 5.74) is 0.482. The molecular weight excluding hydrogens is 420 g/mol. The molecule has 0 fully saturated rings. The maximum Gasteiger partial charge on any atom is 0.308 e. The lowest BCUT2D eigenvalue weighted by atomic mass is 9.66. The van der Waals surface area contributed by atoms with Crippen LogP contribution in [0.2, 0.25) is 0 Å². The maximum absolute atomic E-state index is 12.5. The van der Waals surface area contributed by atoms with Crippen LogP contribution >= 0.6 is 0 Å². The molecule has 0 aliphatic heterocycles. The second-order valence-electron chi connectivity index (χ2n) is 11.2. The highest BCUT2D eigenvalue weighted by molar-refractivity contribution is 5.84. The molecular formula is C27H44O6. The van der Waals surface area contributed by atoms with E-state index in [1.165, 1.54) is 0 Å². The second-order valence-corrected chi connectivity index (χ2v) is 11.2. The monoisotopic (exact) mass is 464 g/mol. The zero-order chi connectivity index (χ0) is 24.9. The van der Waals surface area contributed by atoms with Gasteiger partial charge in [0, 0.05) is 24.2 Å². The molecule has 0 aromatic heterocycles. The lowest BCUT2D eigenvalue weighted by Crippen LogP contribution is -2.43. The molecule has 0 amide bonds. The molecule has 0 saturated carbocycles. The van der Waals surface area contributed by atoms with Crippen molar-refractivity contribution in [3.05, 3.63) is 23.8 Å². The molecule has 8 atom stereocenters. The van der Waals surface area contributed by atoms with Crippen LogP contribution in [-0.4, -0.2) is 51.5 Å². The number of hydrogen-bond acceptors (Lipinski definition) is 6. The SMILES string of the molecule is CC[C@H](C)C(=O)O[C@H]1C[C@H](O)C=C2C=C[C@H](C)[C@H](CC[C@@H](O)C[C@@H](O)CC(=O)C(C)(C)C)[C@H]21. The molecule has 0 bridgehead atoms. The highest BCUT2D eigenvalue weighted by Crippen LogP contribution is 2.44. The normalized spacial score (nSPS) is 30.1. The first-order chi connectivity index (χ1) is 15.3. The number of carbonyl (C=O) groups is 2. The second kappa shape index (κ2) is 11.8. The summed E-state index contributed by atoms with van der Waals surface area (Å²) in [5, 5.41) is 31.2. The Balaban J connectivity index is 2.05. The first kappa shape index (κ1) is 27.7. The summed E-state index contributed by atoms with van der Waals surface area (Å²) >= 11 is 0. The van der Waals surface area contributed by atoms with E-state index in [4.69, 9.17) is 4.74 Å². The Labute approximate surface area is 199 Å². The molecule has 2 rings (SSSR count). The van der Waals surface area contributed by atoms with Gasteiger partial charge in [-0.15, -0.1) is 0 Å². The molecule has 2 aliphatic carbocycles. The molecule has 2 aliphatic rings. The molecule has 0 aromatic rings. The van der Waals surface area contributed by atoms with Crippen molar-refractivity contribution in [2.24, 2.45) is 29.1 Å². The fraction of sp³-hybridized carbons (Fsp3) is 0.778. The summed E-state index contributed by atoms with van der Waals surface area (Å²) < 4.78 is 5.90. The van der Waals surface area contributed by atoms with Gasteiger partial charge in [0.25, 0.3) is 0 Å². The van der Waals surface area contributed by atoms with Crippen molar-refractivity contribution in [2.75, 3.05) is 0 Å². The zero-order valence-electron chi connectivity index (χ0n) is 21.2. The van der Waals surface area contributed by atoms with Crippen LogP contribution < -0.4 is 0 Å². The third-order valence-electron chi connectivity index (χ3n) is 7.29. The van der Waals surface area contributed by atoms with Crippen LogP contribution in [0.15, 0.2) is 23.8 Å². The van der Waals surface area contributed by atoms with E-state index in [1.54, 1.807) is 0 Å². The Morgan fingerprint density at radius 3 is 2.48 bits per heavy atom. The Bertz CT molecular complexity index is 733. The molecule has 3 N–H and O–H groups in total. The van der Waals surface area contributed by atoms with Gasteiger partial charge in [0.1, 0.15) is 11.9 Å². The van der Waals surface area contributed by atoms with Gasteiger partial charge in [0.2, 0.25) is 0 Å². The molecule has 0 heterocycles. The van der Waals surface area contributed by atoms with Gasteiger partial charge in [-0.2, -0.15) is 0 Å². The van der Waals surface area contributed by atoms with Crippen LogP contribution in [0, 0.1) is 29.1 Å². The van der Waals surface area contributed by atoms with Gasteiger partial charge in [0.05, 0.1) is 24.2 Å². The largest absolute Gasteiger partial charge is 0.461 e. The van der Waals surface area contributed by atoms with E-state index in [2.05, 4.69) is 13.0 Å². The Morgan fingerprint density at radius 2 is 1.88 bits per heavy atom. The number of aliphatic hydroxyl groups excluding tert-OH is 3. The minimum atomic E-state index is -0.861. The molecule has 6 nitrogen and oxygen atoms in total. The summed E-state index contributed by atoms with van der Waals surface area (Å²) in [4.78, 5) is 24.7. The number of aliphatic hydroxyl groups is 3. The average Bonchev–Trinajstić information content (AvgIpc) is 2.71. The Kier molecular flexibility index (Phi) is 9.89. The lowest BCUT2D eigenvalue weighted by molar-refractivity contribution is -0.159. The topological polar surface area (TPSA) is 104 Å². The number of Topliss-reactive ketones (excluding diaryl/α,β-unsaturated/α-hetero) is 1. The highest BCUT2D eigenvalue weighted by Gasteiger charge is 2.42. The number of hydrogen-bond donors (Lipinski definition) is 3. The number of esters is 1. The van der Waals surface area contributed by atoms with Crippen molar-refractivity contribution in [1.29, 1.82) is 0 Å². The molecule has 33 heavy (non-hydrogen) atoms. The fourth-order valence-electron chi connectivity index (χ4n) is 4.84. The van der Waals surface area contributed by atoms with Gasteiger partial charge in [-0.05, 0) is 43.1 Å². The standard InChI is InChI=1S/C27H44O6/c1-7-16(2)26(32)33-23-14-20(29)12-18-9-8-17(3)22(25(18)23)11-10-19(28)13-21(30)15-24(31)27(4,5)6/h8-9,12,16-17,19-23,25,28-30H,7,10-11,13-15H2,1-6H3/t16-,17-,19+,20+,21+,22-,23-,25-/m0/s1. The first-order valence-electron chi connectivity index (χ1n) is 12.5. The van der Waals surface area contributed by atoms with Crippen LogP contribution in [-0.2, 0) is 14.3 Å².